The molecule has 1 unspecified atom stereocenters. The number of rotatable bonds is 11. The first-order chi connectivity index (χ1) is 14.7. The van der Waals surface area contributed by atoms with E-state index >= 15 is 0 Å². The van der Waals surface area contributed by atoms with E-state index in [1.54, 1.807) is 14.2 Å². The van der Waals surface area contributed by atoms with Gasteiger partial charge in [-0.25, -0.2) is 0 Å². The first-order valence-electron chi connectivity index (χ1n) is 10.3. The van der Waals surface area contributed by atoms with Crippen LogP contribution in [0.5, 0.6) is 17.2 Å². The van der Waals surface area contributed by atoms with E-state index in [0.717, 1.165) is 49.1 Å². The van der Waals surface area contributed by atoms with Crippen LogP contribution in [0.3, 0.4) is 0 Å². The van der Waals surface area contributed by atoms with Crippen LogP contribution in [0.2, 0.25) is 0 Å². The Morgan fingerprint density at radius 1 is 0.875 bits per heavy atom. The van der Waals surface area contributed by atoms with Gasteiger partial charge in [0.05, 0.1) is 39.2 Å². The zero-order chi connectivity index (χ0) is 21.2. The van der Waals surface area contributed by atoms with Crippen LogP contribution in [0, 0.1) is 0 Å². The van der Waals surface area contributed by atoms with Crippen molar-refractivity contribution in [3.8, 4) is 17.2 Å². The Morgan fingerprint density at radius 2 is 1.59 bits per heavy atom. The third kappa shape index (κ3) is 8.56. The Balaban J connectivity index is 0.00000256. The number of hydrogen-bond donors (Lipinski definition) is 1. The fraction of sp³-hybridized carbons (Fsp3) is 0.478. The molecule has 0 aromatic heterocycles. The van der Waals surface area contributed by atoms with Gasteiger partial charge in [-0.15, -0.1) is 24.8 Å². The predicted molar refractivity (Wildman–Crippen MR) is 131 cm³/mol. The molecular formula is C23H34Cl2N2O5. The number of piperazine rings is 1. The van der Waals surface area contributed by atoms with E-state index in [-0.39, 0.29) is 24.8 Å². The highest BCUT2D eigenvalue weighted by atomic mass is 35.5. The molecule has 9 heteroatoms. The molecule has 2 aromatic rings. The van der Waals surface area contributed by atoms with E-state index in [2.05, 4.69) is 15.9 Å². The van der Waals surface area contributed by atoms with Gasteiger partial charge in [0.25, 0.3) is 0 Å². The van der Waals surface area contributed by atoms with E-state index in [1.807, 2.05) is 42.5 Å². The summed E-state index contributed by atoms with van der Waals surface area (Å²) in [6.07, 6.45) is -0.514. The Bertz CT molecular complexity index is 776. The van der Waals surface area contributed by atoms with Crippen molar-refractivity contribution in [3.63, 3.8) is 0 Å². The molecule has 32 heavy (non-hydrogen) atoms. The first-order valence-corrected chi connectivity index (χ1v) is 10.3. The van der Waals surface area contributed by atoms with Gasteiger partial charge in [0.2, 0.25) is 0 Å². The number of halogens is 2. The van der Waals surface area contributed by atoms with Crippen molar-refractivity contribution >= 4 is 30.5 Å². The van der Waals surface area contributed by atoms with E-state index < -0.39 is 6.10 Å². The van der Waals surface area contributed by atoms with Gasteiger partial charge >= 0.3 is 0 Å². The minimum Gasteiger partial charge on any atom is -0.497 e. The molecule has 3 rings (SSSR count). The lowest BCUT2D eigenvalue weighted by Gasteiger charge is -2.37. The number of benzene rings is 2. The molecule has 0 radical (unpaired) electrons. The highest BCUT2D eigenvalue weighted by Crippen LogP contribution is 2.28. The fourth-order valence-corrected chi connectivity index (χ4v) is 3.54. The van der Waals surface area contributed by atoms with Crippen molar-refractivity contribution in [2.45, 2.75) is 6.10 Å². The molecule has 0 amide bonds. The zero-order valence-corrected chi connectivity index (χ0v) is 20.3. The maximum Gasteiger partial charge on any atom is 0.142 e. The molecule has 0 spiro atoms. The lowest BCUT2D eigenvalue weighted by Crippen LogP contribution is -2.49. The molecule has 0 aliphatic carbocycles. The van der Waals surface area contributed by atoms with Crippen LogP contribution < -0.4 is 19.1 Å². The molecule has 0 saturated carbocycles. The fourth-order valence-electron chi connectivity index (χ4n) is 3.54. The maximum absolute atomic E-state index is 10.3. The van der Waals surface area contributed by atoms with Crippen molar-refractivity contribution in [1.82, 2.24) is 4.90 Å². The van der Waals surface area contributed by atoms with Crippen molar-refractivity contribution in [2.24, 2.45) is 0 Å². The smallest absolute Gasteiger partial charge is 0.142 e. The largest absolute Gasteiger partial charge is 0.497 e. The maximum atomic E-state index is 10.3. The Kier molecular flexibility index (Phi) is 13.2. The number of ether oxygens (including phenoxy) is 4. The Morgan fingerprint density at radius 3 is 2.31 bits per heavy atom. The standard InChI is InChI=1S/C23H32N2O5.2ClH/c1-27-20-6-5-7-21(16-20)30-15-14-29-18-19(26)17-24-10-12-25(13-11-24)22-8-3-4-9-23(22)28-2;;/h3-9,16,19,26H,10-15,17-18H2,1-2H3;2*1H. The normalized spacial score (nSPS) is 14.7. The minimum absolute atomic E-state index is 0. The summed E-state index contributed by atoms with van der Waals surface area (Å²) < 4.78 is 21.9. The molecule has 1 aliphatic rings. The van der Waals surface area contributed by atoms with Gasteiger partial charge in [0.15, 0.2) is 0 Å². The highest BCUT2D eigenvalue weighted by Gasteiger charge is 2.21. The monoisotopic (exact) mass is 488 g/mol. The third-order valence-electron chi connectivity index (χ3n) is 5.11. The molecule has 7 nitrogen and oxygen atoms in total. The quantitative estimate of drug-likeness (QED) is 0.487. The topological polar surface area (TPSA) is 63.6 Å². The van der Waals surface area contributed by atoms with E-state index in [4.69, 9.17) is 18.9 Å². The van der Waals surface area contributed by atoms with E-state index in [1.165, 1.54) is 0 Å². The molecule has 180 valence electrons. The van der Waals surface area contributed by atoms with Crippen molar-refractivity contribution in [3.05, 3.63) is 48.5 Å². The number of nitrogens with zero attached hydrogens (tertiary/aromatic N) is 2. The highest BCUT2D eigenvalue weighted by molar-refractivity contribution is 5.85. The summed E-state index contributed by atoms with van der Waals surface area (Å²) in [4.78, 5) is 4.60. The molecule has 1 fully saturated rings. The lowest BCUT2D eigenvalue weighted by atomic mass is 10.2. The molecule has 1 atom stereocenters. The summed E-state index contributed by atoms with van der Waals surface area (Å²) in [5.41, 5.74) is 1.12. The summed E-state index contributed by atoms with van der Waals surface area (Å²) in [6, 6.07) is 15.6. The summed E-state index contributed by atoms with van der Waals surface area (Å²) in [5.74, 6) is 2.40. The second-order valence-electron chi connectivity index (χ2n) is 7.22. The average molecular weight is 489 g/mol. The van der Waals surface area contributed by atoms with Gasteiger partial charge < -0.3 is 29.0 Å². The van der Waals surface area contributed by atoms with E-state index in [9.17, 15) is 5.11 Å². The predicted octanol–water partition coefficient (Wildman–Crippen LogP) is 3.13. The van der Waals surface area contributed by atoms with Crippen molar-refractivity contribution in [1.29, 1.82) is 0 Å². The van der Waals surface area contributed by atoms with Gasteiger partial charge in [-0.3, -0.25) is 4.90 Å². The van der Waals surface area contributed by atoms with Crippen LogP contribution in [-0.2, 0) is 4.74 Å². The third-order valence-corrected chi connectivity index (χ3v) is 5.11. The van der Waals surface area contributed by atoms with Gasteiger partial charge in [0.1, 0.15) is 23.9 Å². The minimum atomic E-state index is -0.514. The van der Waals surface area contributed by atoms with Crippen LogP contribution in [-0.4, -0.2) is 82.9 Å². The van der Waals surface area contributed by atoms with Crippen molar-refractivity contribution < 1.29 is 24.1 Å². The first kappa shape index (κ1) is 28.1. The molecule has 1 heterocycles. The SMILES string of the molecule is COc1cccc(OCCOCC(O)CN2CCN(c3ccccc3OC)CC2)c1.Cl.Cl. The van der Waals surface area contributed by atoms with Crippen molar-refractivity contribution in [2.75, 3.05) is 71.7 Å². The van der Waals surface area contributed by atoms with Crippen LogP contribution in [0.4, 0.5) is 5.69 Å². The molecule has 0 bridgehead atoms. The number of aliphatic hydroxyl groups excluding tert-OH is 1. The number of methoxy groups -OCH3 is 2. The number of aliphatic hydroxyl groups is 1. The van der Waals surface area contributed by atoms with Gasteiger partial charge in [-0.05, 0) is 24.3 Å². The van der Waals surface area contributed by atoms with Gasteiger partial charge in [-0.2, -0.15) is 0 Å². The van der Waals surface area contributed by atoms with Crippen LogP contribution in [0.15, 0.2) is 48.5 Å². The summed E-state index contributed by atoms with van der Waals surface area (Å²) >= 11 is 0. The second-order valence-corrected chi connectivity index (χ2v) is 7.22. The van der Waals surface area contributed by atoms with Crippen LogP contribution in [0.1, 0.15) is 0 Å². The molecule has 1 aliphatic heterocycles. The summed E-state index contributed by atoms with van der Waals surface area (Å²) in [6.45, 7) is 5.37. The van der Waals surface area contributed by atoms with Crippen LogP contribution >= 0.6 is 24.8 Å². The second kappa shape index (κ2) is 15.0. The van der Waals surface area contributed by atoms with Crippen LogP contribution in [0.25, 0.3) is 0 Å². The number of anilines is 1. The summed E-state index contributed by atoms with van der Waals surface area (Å²) in [5, 5.41) is 10.3. The molecule has 1 saturated heterocycles. The van der Waals surface area contributed by atoms with Gasteiger partial charge in [0, 0.05) is 38.8 Å². The number of hydrogen-bond acceptors (Lipinski definition) is 7. The molecular weight excluding hydrogens is 455 g/mol. The lowest BCUT2D eigenvalue weighted by molar-refractivity contribution is 0.00716. The Hall–Kier alpha value is -1.90. The molecule has 1 N–H and O–H groups in total. The van der Waals surface area contributed by atoms with Gasteiger partial charge in [-0.1, -0.05) is 18.2 Å². The Labute approximate surface area is 203 Å². The number of β-amino-alcohol motifs (C(OH)–C–C–N with tert-alkyl or cyclic N) is 1. The number of para-hydroxylation sites is 2. The average Bonchev–Trinajstić information content (AvgIpc) is 2.79. The van der Waals surface area contributed by atoms with E-state index in [0.29, 0.717) is 26.4 Å². The molecule has 2 aromatic carbocycles. The summed E-state index contributed by atoms with van der Waals surface area (Å²) in [7, 11) is 3.33. The zero-order valence-electron chi connectivity index (χ0n) is 18.6.